The number of benzene rings is 1. The van der Waals surface area contributed by atoms with Gasteiger partial charge in [0.1, 0.15) is 0 Å². The van der Waals surface area contributed by atoms with Crippen LogP contribution in [0.2, 0.25) is 5.02 Å². The van der Waals surface area contributed by atoms with Crippen LogP contribution in [0.15, 0.2) is 18.2 Å². The summed E-state index contributed by atoms with van der Waals surface area (Å²) in [6.45, 7) is 4.27. The van der Waals surface area contributed by atoms with Crippen LogP contribution in [0, 0.1) is 5.92 Å². The second-order valence-electron chi connectivity index (χ2n) is 4.73. The van der Waals surface area contributed by atoms with E-state index < -0.39 is 6.10 Å². The molecule has 0 heterocycles. The summed E-state index contributed by atoms with van der Waals surface area (Å²) in [4.78, 5) is 11.8. The second kappa shape index (κ2) is 6.61. The second-order valence-corrected chi connectivity index (χ2v) is 5.14. The van der Waals surface area contributed by atoms with E-state index in [1.807, 2.05) is 13.8 Å². The first-order chi connectivity index (χ1) is 8.40. The summed E-state index contributed by atoms with van der Waals surface area (Å²) in [6.07, 6.45) is 0.126. The van der Waals surface area contributed by atoms with Crippen molar-refractivity contribution >= 4 is 23.2 Å². The summed E-state index contributed by atoms with van der Waals surface area (Å²) in [5, 5.41) is 12.7. The number of anilines is 1. The predicted octanol–water partition coefficient (Wildman–Crippen LogP) is 2.06. The van der Waals surface area contributed by atoms with Crippen molar-refractivity contribution in [3.05, 3.63) is 28.8 Å². The molecule has 1 amide bonds. The molecule has 4 nitrogen and oxygen atoms in total. The van der Waals surface area contributed by atoms with Crippen molar-refractivity contribution in [2.45, 2.75) is 26.4 Å². The highest BCUT2D eigenvalue weighted by Gasteiger charge is 2.11. The Labute approximate surface area is 112 Å². The molecule has 0 fully saturated rings. The average molecular weight is 271 g/mol. The number of aliphatic hydroxyl groups is 1. The van der Waals surface area contributed by atoms with Crippen LogP contribution in [-0.4, -0.2) is 23.7 Å². The molecule has 1 rings (SSSR count). The first-order valence-corrected chi connectivity index (χ1v) is 6.29. The third-order valence-corrected chi connectivity index (χ3v) is 2.83. The van der Waals surface area contributed by atoms with E-state index in [1.165, 1.54) is 6.07 Å². The van der Waals surface area contributed by atoms with Gasteiger partial charge in [-0.3, -0.25) is 4.79 Å². The first-order valence-electron chi connectivity index (χ1n) is 5.91. The Morgan fingerprint density at radius 3 is 2.72 bits per heavy atom. The number of amides is 1. The van der Waals surface area contributed by atoms with Crippen molar-refractivity contribution < 1.29 is 9.90 Å². The number of hydrogen-bond donors (Lipinski definition) is 3. The summed E-state index contributed by atoms with van der Waals surface area (Å²) in [7, 11) is 0. The van der Waals surface area contributed by atoms with Crippen molar-refractivity contribution in [2.24, 2.45) is 5.92 Å². The quantitative estimate of drug-likeness (QED) is 0.717. The SMILES string of the molecule is CC(C)CC(O)CNC(=O)c1ccc(N)c(Cl)c1. The fraction of sp³-hybridized carbons (Fsp3) is 0.462. The average Bonchev–Trinajstić information content (AvgIpc) is 2.28. The maximum atomic E-state index is 11.8. The number of nitrogens with two attached hydrogens (primary N) is 1. The van der Waals surface area contributed by atoms with Gasteiger partial charge in [-0.25, -0.2) is 0 Å². The van der Waals surface area contributed by atoms with Crippen molar-refractivity contribution in [3.63, 3.8) is 0 Å². The van der Waals surface area contributed by atoms with Gasteiger partial charge in [-0.2, -0.15) is 0 Å². The molecule has 0 aliphatic carbocycles. The molecular formula is C13H19ClN2O2. The monoisotopic (exact) mass is 270 g/mol. The zero-order valence-electron chi connectivity index (χ0n) is 10.6. The largest absolute Gasteiger partial charge is 0.398 e. The Morgan fingerprint density at radius 1 is 1.50 bits per heavy atom. The molecule has 0 spiro atoms. The molecule has 1 atom stereocenters. The van der Waals surface area contributed by atoms with Crippen LogP contribution in [0.3, 0.4) is 0 Å². The molecule has 5 heteroatoms. The molecule has 4 N–H and O–H groups in total. The lowest BCUT2D eigenvalue weighted by Crippen LogP contribution is -2.32. The number of carbonyl (C=O) groups excluding carboxylic acids is 1. The van der Waals surface area contributed by atoms with Gasteiger partial charge in [-0.05, 0) is 30.5 Å². The number of carbonyl (C=O) groups is 1. The Balaban J connectivity index is 2.52. The number of hydrogen-bond acceptors (Lipinski definition) is 3. The predicted molar refractivity (Wildman–Crippen MR) is 73.7 cm³/mol. The number of aliphatic hydroxyl groups excluding tert-OH is 1. The molecule has 18 heavy (non-hydrogen) atoms. The summed E-state index contributed by atoms with van der Waals surface area (Å²) < 4.78 is 0. The van der Waals surface area contributed by atoms with Crippen molar-refractivity contribution in [3.8, 4) is 0 Å². The molecule has 0 saturated heterocycles. The van der Waals surface area contributed by atoms with Gasteiger partial charge in [-0.1, -0.05) is 25.4 Å². The molecule has 0 aromatic heterocycles. The minimum atomic E-state index is -0.529. The van der Waals surface area contributed by atoms with Crippen LogP contribution in [0.25, 0.3) is 0 Å². The van der Waals surface area contributed by atoms with Crippen LogP contribution in [0.4, 0.5) is 5.69 Å². The van der Waals surface area contributed by atoms with Crippen molar-refractivity contribution in [2.75, 3.05) is 12.3 Å². The van der Waals surface area contributed by atoms with Crippen molar-refractivity contribution in [1.29, 1.82) is 0 Å². The smallest absolute Gasteiger partial charge is 0.251 e. The Kier molecular flexibility index (Phi) is 5.44. The molecule has 0 aliphatic heterocycles. The van der Waals surface area contributed by atoms with Gasteiger partial charge in [0, 0.05) is 12.1 Å². The third kappa shape index (κ3) is 4.55. The van der Waals surface area contributed by atoms with Crippen LogP contribution >= 0.6 is 11.6 Å². The van der Waals surface area contributed by atoms with Crippen molar-refractivity contribution in [1.82, 2.24) is 5.32 Å². The number of nitrogens with one attached hydrogen (secondary N) is 1. The molecule has 0 bridgehead atoms. The molecule has 1 aromatic carbocycles. The molecule has 0 radical (unpaired) electrons. The van der Waals surface area contributed by atoms with E-state index in [4.69, 9.17) is 17.3 Å². The molecule has 1 unspecified atom stereocenters. The highest BCUT2D eigenvalue weighted by Crippen LogP contribution is 2.19. The van der Waals surface area contributed by atoms with E-state index in [2.05, 4.69) is 5.32 Å². The maximum Gasteiger partial charge on any atom is 0.251 e. The fourth-order valence-electron chi connectivity index (χ4n) is 1.61. The zero-order valence-corrected chi connectivity index (χ0v) is 11.4. The topological polar surface area (TPSA) is 75.3 Å². The normalized spacial score (nSPS) is 12.5. The van der Waals surface area contributed by atoms with E-state index in [9.17, 15) is 9.90 Å². The summed E-state index contributed by atoms with van der Waals surface area (Å²) in [5.41, 5.74) is 6.44. The maximum absolute atomic E-state index is 11.8. The molecule has 1 aromatic rings. The van der Waals surface area contributed by atoms with E-state index in [0.29, 0.717) is 28.6 Å². The van der Waals surface area contributed by atoms with Gasteiger partial charge < -0.3 is 16.2 Å². The highest BCUT2D eigenvalue weighted by molar-refractivity contribution is 6.33. The van der Waals surface area contributed by atoms with E-state index in [0.717, 1.165) is 0 Å². The van der Waals surface area contributed by atoms with E-state index in [1.54, 1.807) is 12.1 Å². The number of halogens is 1. The zero-order chi connectivity index (χ0) is 13.7. The lowest BCUT2D eigenvalue weighted by molar-refractivity contribution is 0.0900. The Morgan fingerprint density at radius 2 is 2.17 bits per heavy atom. The van der Waals surface area contributed by atoms with Crippen LogP contribution in [0.1, 0.15) is 30.6 Å². The lowest BCUT2D eigenvalue weighted by Gasteiger charge is -2.14. The van der Waals surface area contributed by atoms with Gasteiger partial charge in [-0.15, -0.1) is 0 Å². The van der Waals surface area contributed by atoms with Gasteiger partial charge >= 0.3 is 0 Å². The van der Waals surface area contributed by atoms with E-state index in [-0.39, 0.29) is 12.5 Å². The van der Waals surface area contributed by atoms with Crippen LogP contribution < -0.4 is 11.1 Å². The first kappa shape index (κ1) is 14.8. The fourth-order valence-corrected chi connectivity index (χ4v) is 1.79. The van der Waals surface area contributed by atoms with Gasteiger partial charge in [0.15, 0.2) is 0 Å². The summed E-state index contributed by atoms with van der Waals surface area (Å²) in [6, 6.07) is 4.70. The van der Waals surface area contributed by atoms with Gasteiger partial charge in [0.2, 0.25) is 0 Å². The van der Waals surface area contributed by atoms with Crippen LogP contribution in [0.5, 0.6) is 0 Å². The van der Waals surface area contributed by atoms with Gasteiger partial charge in [0.25, 0.3) is 5.91 Å². The summed E-state index contributed by atoms with van der Waals surface area (Å²) in [5.74, 6) is 0.127. The molecular weight excluding hydrogens is 252 g/mol. The Hall–Kier alpha value is -1.26. The van der Waals surface area contributed by atoms with Gasteiger partial charge in [0.05, 0.1) is 16.8 Å². The van der Waals surface area contributed by atoms with Crippen LogP contribution in [-0.2, 0) is 0 Å². The summed E-state index contributed by atoms with van der Waals surface area (Å²) >= 11 is 5.84. The lowest BCUT2D eigenvalue weighted by atomic mass is 10.1. The minimum absolute atomic E-state index is 0.235. The standard InChI is InChI=1S/C13H19ClN2O2/c1-8(2)5-10(17)7-16-13(18)9-3-4-12(15)11(14)6-9/h3-4,6,8,10,17H,5,7,15H2,1-2H3,(H,16,18). The molecule has 0 saturated carbocycles. The Bertz CT molecular complexity index is 421. The molecule has 100 valence electrons. The third-order valence-electron chi connectivity index (χ3n) is 2.50. The molecule has 0 aliphatic rings. The minimum Gasteiger partial charge on any atom is -0.398 e. The highest BCUT2D eigenvalue weighted by atomic mass is 35.5. The van der Waals surface area contributed by atoms with E-state index >= 15 is 0 Å². The number of rotatable bonds is 5. The number of nitrogen functional groups attached to an aromatic ring is 1.